The Morgan fingerprint density at radius 3 is 2.14 bits per heavy atom. The van der Waals surface area contributed by atoms with Crippen LogP contribution in [-0.4, -0.2) is 45.4 Å². The SMILES string of the molecule is CCCCCCCCCC(SCCCSCCO)C(C)O. The maximum Gasteiger partial charge on any atom is 0.0630 e. The van der Waals surface area contributed by atoms with Crippen molar-refractivity contribution < 1.29 is 10.2 Å². The van der Waals surface area contributed by atoms with Crippen LogP contribution in [0.4, 0.5) is 0 Å². The maximum atomic E-state index is 9.87. The van der Waals surface area contributed by atoms with Gasteiger partial charge in [0, 0.05) is 11.0 Å². The van der Waals surface area contributed by atoms with E-state index in [-0.39, 0.29) is 12.7 Å². The van der Waals surface area contributed by atoms with Gasteiger partial charge in [-0.05, 0) is 31.3 Å². The molecular formula is C17H36O2S2. The molecule has 0 rings (SSSR count). The topological polar surface area (TPSA) is 40.5 Å². The van der Waals surface area contributed by atoms with Crippen molar-refractivity contribution >= 4 is 23.5 Å². The molecule has 2 atom stereocenters. The van der Waals surface area contributed by atoms with Crippen molar-refractivity contribution in [3.05, 3.63) is 0 Å². The summed E-state index contributed by atoms with van der Waals surface area (Å²) < 4.78 is 0. The van der Waals surface area contributed by atoms with Crippen LogP contribution in [0.1, 0.15) is 71.6 Å². The fourth-order valence-corrected chi connectivity index (χ4v) is 4.42. The molecule has 0 saturated carbocycles. The predicted octanol–water partition coefficient (Wildman–Crippen LogP) is 4.73. The summed E-state index contributed by atoms with van der Waals surface area (Å²) >= 11 is 3.75. The monoisotopic (exact) mass is 336 g/mol. The standard InChI is InChI=1S/C17H36O2S2/c1-3-4-5-6-7-8-9-11-17(16(2)19)21-14-10-13-20-15-12-18/h16-19H,3-15H2,1-2H3. The van der Waals surface area contributed by atoms with E-state index in [1.54, 1.807) is 0 Å². The summed E-state index contributed by atoms with van der Waals surface area (Å²) in [5.41, 5.74) is 0. The molecule has 21 heavy (non-hydrogen) atoms. The highest BCUT2D eigenvalue weighted by Gasteiger charge is 2.14. The largest absolute Gasteiger partial charge is 0.396 e. The highest BCUT2D eigenvalue weighted by Crippen LogP contribution is 2.23. The minimum atomic E-state index is -0.194. The zero-order chi connectivity index (χ0) is 15.8. The van der Waals surface area contributed by atoms with Crippen molar-refractivity contribution in [1.29, 1.82) is 0 Å². The Labute approximate surface area is 140 Å². The van der Waals surface area contributed by atoms with Crippen molar-refractivity contribution in [3.63, 3.8) is 0 Å². The summed E-state index contributed by atoms with van der Waals surface area (Å²) in [4.78, 5) is 0. The first-order chi connectivity index (χ1) is 10.2. The van der Waals surface area contributed by atoms with Crippen LogP contribution in [0.5, 0.6) is 0 Å². The van der Waals surface area contributed by atoms with Crippen molar-refractivity contribution in [1.82, 2.24) is 0 Å². The van der Waals surface area contributed by atoms with Crippen LogP contribution >= 0.6 is 23.5 Å². The second kappa shape index (κ2) is 17.0. The fourth-order valence-electron chi connectivity index (χ4n) is 2.33. The summed E-state index contributed by atoms with van der Waals surface area (Å²) in [5.74, 6) is 3.10. The third-order valence-electron chi connectivity index (χ3n) is 3.63. The van der Waals surface area contributed by atoms with E-state index < -0.39 is 0 Å². The molecular weight excluding hydrogens is 300 g/mol. The van der Waals surface area contributed by atoms with Gasteiger partial charge < -0.3 is 10.2 Å². The van der Waals surface area contributed by atoms with Gasteiger partial charge in [-0.1, -0.05) is 51.9 Å². The lowest BCUT2D eigenvalue weighted by Gasteiger charge is -2.19. The normalized spacial score (nSPS) is 14.3. The number of hydrogen-bond donors (Lipinski definition) is 2. The van der Waals surface area contributed by atoms with E-state index in [4.69, 9.17) is 5.11 Å². The third-order valence-corrected chi connectivity index (χ3v) is 6.26. The molecule has 0 aliphatic heterocycles. The average molecular weight is 337 g/mol. The Kier molecular flexibility index (Phi) is 17.5. The molecule has 2 unspecified atom stereocenters. The molecule has 0 aromatic heterocycles. The summed E-state index contributed by atoms with van der Waals surface area (Å²) in [6.07, 6.45) is 11.5. The van der Waals surface area contributed by atoms with Crippen LogP contribution in [0.25, 0.3) is 0 Å². The number of aliphatic hydroxyl groups is 2. The number of aliphatic hydroxyl groups excluding tert-OH is 2. The number of hydrogen-bond acceptors (Lipinski definition) is 4. The van der Waals surface area contributed by atoms with Crippen LogP contribution in [0, 0.1) is 0 Å². The van der Waals surface area contributed by atoms with Gasteiger partial charge in [-0.3, -0.25) is 0 Å². The zero-order valence-corrected chi connectivity index (χ0v) is 15.7. The van der Waals surface area contributed by atoms with Crippen LogP contribution in [0.2, 0.25) is 0 Å². The van der Waals surface area contributed by atoms with Crippen LogP contribution in [0.15, 0.2) is 0 Å². The Morgan fingerprint density at radius 1 is 0.857 bits per heavy atom. The smallest absolute Gasteiger partial charge is 0.0630 e. The van der Waals surface area contributed by atoms with Crippen LogP contribution < -0.4 is 0 Å². The first-order valence-corrected chi connectivity index (χ1v) is 10.9. The molecule has 0 amide bonds. The van der Waals surface area contributed by atoms with E-state index in [1.807, 2.05) is 30.4 Å². The Hall–Kier alpha value is 0.620. The van der Waals surface area contributed by atoms with Gasteiger partial charge >= 0.3 is 0 Å². The molecule has 0 fully saturated rings. The van der Waals surface area contributed by atoms with E-state index in [9.17, 15) is 5.11 Å². The molecule has 4 heteroatoms. The van der Waals surface area contributed by atoms with E-state index >= 15 is 0 Å². The quantitative estimate of drug-likeness (QED) is 0.400. The number of thioether (sulfide) groups is 2. The summed E-state index contributed by atoms with van der Waals surface area (Å²) in [6.45, 7) is 4.47. The summed E-state index contributed by atoms with van der Waals surface area (Å²) in [7, 11) is 0. The van der Waals surface area contributed by atoms with Gasteiger partial charge in [0.15, 0.2) is 0 Å². The molecule has 0 spiro atoms. The van der Waals surface area contributed by atoms with Gasteiger partial charge in [0.05, 0.1) is 12.7 Å². The molecule has 128 valence electrons. The first kappa shape index (κ1) is 21.6. The predicted molar refractivity (Wildman–Crippen MR) is 99.6 cm³/mol. The second-order valence-corrected chi connectivity index (χ2v) is 8.32. The molecule has 0 bridgehead atoms. The maximum absolute atomic E-state index is 9.87. The average Bonchev–Trinajstić information content (AvgIpc) is 2.47. The van der Waals surface area contributed by atoms with Gasteiger partial charge in [-0.25, -0.2) is 0 Å². The third kappa shape index (κ3) is 15.3. The highest BCUT2D eigenvalue weighted by molar-refractivity contribution is 8.00. The van der Waals surface area contributed by atoms with Gasteiger partial charge in [0.2, 0.25) is 0 Å². The van der Waals surface area contributed by atoms with E-state index in [0.29, 0.717) is 5.25 Å². The summed E-state index contributed by atoms with van der Waals surface area (Å²) in [5, 5.41) is 19.0. The minimum absolute atomic E-state index is 0.194. The van der Waals surface area contributed by atoms with Gasteiger partial charge in [0.1, 0.15) is 0 Å². The van der Waals surface area contributed by atoms with Crippen molar-refractivity contribution in [2.75, 3.05) is 23.9 Å². The first-order valence-electron chi connectivity index (χ1n) is 8.70. The lowest BCUT2D eigenvalue weighted by atomic mass is 10.1. The molecule has 0 saturated heterocycles. The second-order valence-electron chi connectivity index (χ2n) is 5.75. The van der Waals surface area contributed by atoms with Crippen molar-refractivity contribution in [3.8, 4) is 0 Å². The Bertz CT molecular complexity index is 201. The number of rotatable bonds is 16. The number of unbranched alkanes of at least 4 members (excludes halogenated alkanes) is 6. The molecule has 0 heterocycles. The fraction of sp³-hybridized carbons (Fsp3) is 1.00. The molecule has 0 aliphatic carbocycles. The molecule has 0 radical (unpaired) electrons. The zero-order valence-electron chi connectivity index (χ0n) is 14.1. The molecule has 2 N–H and O–H groups in total. The van der Waals surface area contributed by atoms with Gasteiger partial charge in [-0.2, -0.15) is 23.5 Å². The Morgan fingerprint density at radius 2 is 1.52 bits per heavy atom. The summed E-state index contributed by atoms with van der Waals surface area (Å²) in [6, 6.07) is 0. The lowest BCUT2D eigenvalue weighted by Crippen LogP contribution is -2.20. The highest BCUT2D eigenvalue weighted by atomic mass is 32.2. The minimum Gasteiger partial charge on any atom is -0.396 e. The van der Waals surface area contributed by atoms with E-state index in [1.165, 1.54) is 51.4 Å². The molecule has 2 nitrogen and oxygen atoms in total. The lowest BCUT2D eigenvalue weighted by molar-refractivity contribution is 0.186. The molecule has 0 aromatic rings. The van der Waals surface area contributed by atoms with Crippen molar-refractivity contribution in [2.24, 2.45) is 0 Å². The van der Waals surface area contributed by atoms with Crippen LogP contribution in [-0.2, 0) is 0 Å². The molecule has 0 aromatic carbocycles. The van der Waals surface area contributed by atoms with E-state index in [2.05, 4.69) is 6.92 Å². The Balaban J connectivity index is 3.50. The van der Waals surface area contributed by atoms with Crippen molar-refractivity contribution in [2.45, 2.75) is 83.0 Å². The molecule has 0 aliphatic rings. The van der Waals surface area contributed by atoms with Gasteiger partial charge in [0.25, 0.3) is 0 Å². The van der Waals surface area contributed by atoms with Crippen LogP contribution in [0.3, 0.4) is 0 Å². The van der Waals surface area contributed by atoms with Gasteiger partial charge in [-0.15, -0.1) is 0 Å². The van der Waals surface area contributed by atoms with E-state index in [0.717, 1.165) is 23.7 Å².